The van der Waals surface area contributed by atoms with Crippen LogP contribution in [0.1, 0.15) is 11.3 Å². The smallest absolute Gasteiger partial charge is 0.332 e. The third-order valence-corrected chi connectivity index (χ3v) is 2.30. The van der Waals surface area contributed by atoms with Crippen LogP contribution in [0.25, 0.3) is 11.3 Å². The van der Waals surface area contributed by atoms with Crippen LogP contribution in [0.4, 0.5) is 4.79 Å². The number of hydrogen-bond acceptors (Lipinski definition) is 3. The van der Waals surface area contributed by atoms with Gasteiger partial charge in [-0.15, -0.1) is 0 Å². The van der Waals surface area contributed by atoms with E-state index in [1.807, 2.05) is 43.3 Å². The van der Waals surface area contributed by atoms with Gasteiger partial charge in [-0.25, -0.2) is 10.2 Å². The molecule has 0 aliphatic rings. The Labute approximate surface area is 104 Å². The molecule has 0 spiro atoms. The number of amides is 2. The lowest BCUT2D eigenvalue weighted by Gasteiger charge is -1.99. The summed E-state index contributed by atoms with van der Waals surface area (Å²) >= 11 is 0. The van der Waals surface area contributed by atoms with E-state index in [9.17, 15) is 4.79 Å². The molecule has 3 N–H and O–H groups in total. The number of hydrazone groups is 1. The molecule has 5 nitrogen and oxygen atoms in total. The molecule has 0 unspecified atom stereocenters. The second kappa shape index (κ2) is 5.18. The zero-order valence-electron chi connectivity index (χ0n) is 9.88. The first-order chi connectivity index (χ1) is 8.65. The average Bonchev–Trinajstić information content (AvgIpc) is 2.76. The third-order valence-electron chi connectivity index (χ3n) is 2.30. The molecule has 1 aromatic carbocycles. The van der Waals surface area contributed by atoms with Crippen molar-refractivity contribution in [2.75, 3.05) is 0 Å². The number of hydrogen-bond donors (Lipinski definition) is 2. The fourth-order valence-corrected chi connectivity index (χ4v) is 1.53. The minimum atomic E-state index is -0.691. The molecule has 0 atom stereocenters. The van der Waals surface area contributed by atoms with Gasteiger partial charge in [0.2, 0.25) is 0 Å². The van der Waals surface area contributed by atoms with Gasteiger partial charge in [0.05, 0.1) is 6.21 Å². The lowest BCUT2D eigenvalue weighted by atomic mass is 10.1. The predicted molar refractivity (Wildman–Crippen MR) is 69.2 cm³/mol. The molecular formula is C13H13N3O2. The van der Waals surface area contributed by atoms with Crippen molar-refractivity contribution < 1.29 is 9.21 Å². The predicted octanol–water partition coefficient (Wildman–Crippen LogP) is 2.26. The zero-order chi connectivity index (χ0) is 13.0. The molecule has 92 valence electrons. The van der Waals surface area contributed by atoms with Gasteiger partial charge < -0.3 is 10.2 Å². The number of benzene rings is 1. The van der Waals surface area contributed by atoms with Gasteiger partial charge in [-0.3, -0.25) is 0 Å². The fraction of sp³-hybridized carbons (Fsp3) is 0.0769. The van der Waals surface area contributed by atoms with E-state index >= 15 is 0 Å². The standard InChI is InChI=1S/C13H13N3O2/c1-9-5-6-12(18-9)11-4-2-3-10(7-11)8-15-16-13(14)17/h2-8H,1H3,(H3,14,16,17). The van der Waals surface area contributed by atoms with Crippen LogP contribution in [0.5, 0.6) is 0 Å². The van der Waals surface area contributed by atoms with Gasteiger partial charge in [-0.1, -0.05) is 18.2 Å². The van der Waals surface area contributed by atoms with Crippen molar-refractivity contribution in [1.29, 1.82) is 0 Å². The number of carbonyl (C=O) groups excluding carboxylic acids is 1. The largest absolute Gasteiger partial charge is 0.461 e. The van der Waals surface area contributed by atoms with Crippen LogP contribution in [-0.4, -0.2) is 12.2 Å². The summed E-state index contributed by atoms with van der Waals surface area (Å²) in [5.74, 6) is 1.66. The molecule has 2 amide bonds. The topological polar surface area (TPSA) is 80.6 Å². The molecule has 2 aromatic rings. The van der Waals surface area contributed by atoms with Gasteiger partial charge in [-0.05, 0) is 30.7 Å². The van der Waals surface area contributed by atoms with E-state index in [1.165, 1.54) is 6.21 Å². The van der Waals surface area contributed by atoms with Crippen LogP contribution in [0.15, 0.2) is 45.9 Å². The fourth-order valence-electron chi connectivity index (χ4n) is 1.53. The molecule has 5 heteroatoms. The molecule has 0 bridgehead atoms. The third kappa shape index (κ3) is 2.98. The van der Waals surface area contributed by atoms with Crippen molar-refractivity contribution >= 4 is 12.2 Å². The summed E-state index contributed by atoms with van der Waals surface area (Å²) in [4.78, 5) is 10.5. The van der Waals surface area contributed by atoms with Crippen LogP contribution in [0, 0.1) is 6.92 Å². The number of primary amides is 1. The number of furan rings is 1. The Bertz CT molecular complexity index is 587. The van der Waals surface area contributed by atoms with Crippen molar-refractivity contribution in [2.45, 2.75) is 6.92 Å². The van der Waals surface area contributed by atoms with Crippen LogP contribution in [0.2, 0.25) is 0 Å². The average molecular weight is 243 g/mol. The van der Waals surface area contributed by atoms with E-state index in [0.29, 0.717) is 0 Å². The summed E-state index contributed by atoms with van der Waals surface area (Å²) in [6.07, 6.45) is 1.52. The highest BCUT2D eigenvalue weighted by Crippen LogP contribution is 2.22. The SMILES string of the molecule is Cc1ccc(-c2cccc(C=NNC(N)=O)c2)o1. The molecule has 0 aliphatic carbocycles. The minimum absolute atomic E-state index is 0.691. The van der Waals surface area contributed by atoms with Gasteiger partial charge in [0, 0.05) is 5.56 Å². The lowest BCUT2D eigenvalue weighted by molar-refractivity contribution is 0.249. The second-order valence-corrected chi connectivity index (χ2v) is 3.77. The first-order valence-corrected chi connectivity index (χ1v) is 5.40. The maximum Gasteiger partial charge on any atom is 0.332 e. The van der Waals surface area contributed by atoms with Gasteiger partial charge in [0.15, 0.2) is 0 Å². The van der Waals surface area contributed by atoms with Gasteiger partial charge in [0.1, 0.15) is 11.5 Å². The Balaban J connectivity index is 2.20. The van der Waals surface area contributed by atoms with Gasteiger partial charge in [-0.2, -0.15) is 5.10 Å². The Morgan fingerprint density at radius 3 is 2.89 bits per heavy atom. The minimum Gasteiger partial charge on any atom is -0.461 e. The number of rotatable bonds is 3. The van der Waals surface area contributed by atoms with E-state index in [1.54, 1.807) is 0 Å². The highest BCUT2D eigenvalue weighted by atomic mass is 16.3. The maximum absolute atomic E-state index is 10.5. The molecule has 0 saturated heterocycles. The van der Waals surface area contributed by atoms with Crippen LogP contribution >= 0.6 is 0 Å². The lowest BCUT2D eigenvalue weighted by Crippen LogP contribution is -2.24. The maximum atomic E-state index is 10.5. The summed E-state index contributed by atoms with van der Waals surface area (Å²) in [6.45, 7) is 1.89. The quantitative estimate of drug-likeness (QED) is 0.640. The monoisotopic (exact) mass is 243 g/mol. The molecule has 18 heavy (non-hydrogen) atoms. The molecule has 0 saturated carbocycles. The summed E-state index contributed by atoms with van der Waals surface area (Å²) in [5, 5.41) is 3.70. The molecule has 0 aliphatic heterocycles. The summed E-state index contributed by atoms with van der Waals surface area (Å²) in [5.41, 5.74) is 8.84. The van der Waals surface area contributed by atoms with E-state index in [2.05, 4.69) is 10.5 Å². The van der Waals surface area contributed by atoms with E-state index in [4.69, 9.17) is 10.2 Å². The van der Waals surface area contributed by atoms with Crippen LogP contribution < -0.4 is 11.2 Å². The normalized spacial score (nSPS) is 10.7. The first kappa shape index (κ1) is 11.9. The van der Waals surface area contributed by atoms with Crippen molar-refractivity contribution in [1.82, 2.24) is 5.43 Å². The molecule has 1 heterocycles. The highest BCUT2D eigenvalue weighted by molar-refractivity contribution is 5.83. The molecule has 1 aromatic heterocycles. The Morgan fingerprint density at radius 1 is 1.39 bits per heavy atom. The number of nitrogens with zero attached hydrogens (tertiary/aromatic N) is 1. The Morgan fingerprint density at radius 2 is 2.22 bits per heavy atom. The van der Waals surface area contributed by atoms with Crippen molar-refractivity contribution in [3.8, 4) is 11.3 Å². The van der Waals surface area contributed by atoms with Crippen molar-refractivity contribution in [3.63, 3.8) is 0 Å². The zero-order valence-corrected chi connectivity index (χ0v) is 9.88. The number of nitrogens with two attached hydrogens (primary N) is 1. The van der Waals surface area contributed by atoms with Crippen molar-refractivity contribution in [2.24, 2.45) is 10.8 Å². The molecular weight excluding hydrogens is 230 g/mol. The summed E-state index contributed by atoms with van der Waals surface area (Å²) in [7, 11) is 0. The van der Waals surface area contributed by atoms with E-state index in [-0.39, 0.29) is 0 Å². The Kier molecular flexibility index (Phi) is 3.43. The van der Waals surface area contributed by atoms with Crippen LogP contribution in [-0.2, 0) is 0 Å². The highest BCUT2D eigenvalue weighted by Gasteiger charge is 2.02. The second-order valence-electron chi connectivity index (χ2n) is 3.77. The van der Waals surface area contributed by atoms with Crippen LogP contribution in [0.3, 0.4) is 0 Å². The van der Waals surface area contributed by atoms with E-state index in [0.717, 1.165) is 22.6 Å². The van der Waals surface area contributed by atoms with Crippen molar-refractivity contribution in [3.05, 3.63) is 47.7 Å². The molecule has 0 fully saturated rings. The number of nitrogens with one attached hydrogen (secondary N) is 1. The number of carbonyl (C=O) groups is 1. The first-order valence-electron chi connectivity index (χ1n) is 5.40. The summed E-state index contributed by atoms with van der Waals surface area (Å²) < 4.78 is 5.53. The summed E-state index contributed by atoms with van der Waals surface area (Å²) in [6, 6.07) is 10.7. The molecule has 2 rings (SSSR count). The van der Waals surface area contributed by atoms with Gasteiger partial charge >= 0.3 is 6.03 Å². The van der Waals surface area contributed by atoms with E-state index < -0.39 is 6.03 Å². The molecule has 0 radical (unpaired) electrons. The Hall–Kier alpha value is -2.56. The number of urea groups is 1. The number of aryl methyl sites for hydroxylation is 1. The van der Waals surface area contributed by atoms with Gasteiger partial charge in [0.25, 0.3) is 0 Å².